The van der Waals surface area contributed by atoms with E-state index < -0.39 is 0 Å². The van der Waals surface area contributed by atoms with Crippen LogP contribution in [0.4, 0.5) is 0 Å². The molecule has 0 heterocycles. The summed E-state index contributed by atoms with van der Waals surface area (Å²) in [7, 11) is 0. The van der Waals surface area contributed by atoms with Crippen LogP contribution in [0.25, 0.3) is 0 Å². The molecule has 9 heavy (non-hydrogen) atoms. The molecular formula is C8H16Zn. The summed E-state index contributed by atoms with van der Waals surface area (Å²) in [6.45, 7) is 2.38. The molecule has 0 nitrogen and oxygen atoms in total. The molecule has 0 saturated heterocycles. The summed E-state index contributed by atoms with van der Waals surface area (Å²) >= 11 is -0.0126. The van der Waals surface area contributed by atoms with Gasteiger partial charge in [0.15, 0.2) is 0 Å². The topological polar surface area (TPSA) is 0 Å². The predicted octanol–water partition coefficient (Wildman–Crippen LogP) is 3.26. The summed E-state index contributed by atoms with van der Waals surface area (Å²) in [5, 5.41) is 1.58. The van der Waals surface area contributed by atoms with Crippen molar-refractivity contribution in [1.82, 2.24) is 0 Å². The van der Waals surface area contributed by atoms with Crippen molar-refractivity contribution in [3.8, 4) is 0 Å². The van der Waals surface area contributed by atoms with Crippen LogP contribution in [-0.4, -0.2) is 0 Å². The van der Waals surface area contributed by atoms with Crippen LogP contribution < -0.4 is 0 Å². The second kappa shape index (κ2) is 4.44. The molecule has 0 spiro atoms. The van der Waals surface area contributed by atoms with E-state index >= 15 is 0 Å². The van der Waals surface area contributed by atoms with Gasteiger partial charge >= 0.3 is 65.7 Å². The third-order valence-electron chi connectivity index (χ3n) is 2.42. The molecule has 0 bridgehead atoms. The van der Waals surface area contributed by atoms with Gasteiger partial charge in [0.1, 0.15) is 0 Å². The first kappa shape index (κ1) is 7.73. The van der Waals surface area contributed by atoms with E-state index in [9.17, 15) is 0 Å². The van der Waals surface area contributed by atoms with Crippen molar-refractivity contribution in [1.29, 1.82) is 0 Å². The van der Waals surface area contributed by atoms with Crippen molar-refractivity contribution in [3.05, 3.63) is 0 Å². The first-order valence-electron chi connectivity index (χ1n) is 4.43. The van der Waals surface area contributed by atoms with Gasteiger partial charge in [0.25, 0.3) is 0 Å². The van der Waals surface area contributed by atoms with Gasteiger partial charge in [-0.25, -0.2) is 0 Å². The van der Waals surface area contributed by atoms with E-state index in [1.54, 1.807) is 30.7 Å². The third kappa shape index (κ3) is 2.80. The third-order valence-corrected chi connectivity index (χ3v) is 7.06. The quantitative estimate of drug-likeness (QED) is 0.568. The van der Waals surface area contributed by atoms with Crippen LogP contribution in [0.15, 0.2) is 0 Å². The second-order valence-electron chi connectivity index (χ2n) is 3.29. The molecule has 1 fully saturated rings. The van der Waals surface area contributed by atoms with Crippen molar-refractivity contribution >= 4 is 0 Å². The SMILES string of the molecule is C[CH2][Zn][CH]1CCCCC1. The van der Waals surface area contributed by atoms with Gasteiger partial charge < -0.3 is 0 Å². The molecule has 0 aromatic heterocycles. The Morgan fingerprint density at radius 1 is 1.22 bits per heavy atom. The Morgan fingerprint density at radius 3 is 2.44 bits per heavy atom. The molecule has 0 aromatic rings. The summed E-state index contributed by atoms with van der Waals surface area (Å²) < 4.78 is 1.29. The van der Waals surface area contributed by atoms with Crippen molar-refractivity contribution in [2.75, 3.05) is 0 Å². The van der Waals surface area contributed by atoms with Crippen LogP contribution in [0.3, 0.4) is 0 Å². The predicted molar refractivity (Wildman–Crippen MR) is 37.3 cm³/mol. The monoisotopic (exact) mass is 176 g/mol. The zero-order valence-corrected chi connectivity index (χ0v) is 9.49. The van der Waals surface area contributed by atoms with Gasteiger partial charge in [0, 0.05) is 0 Å². The first-order chi connectivity index (χ1) is 4.43. The van der Waals surface area contributed by atoms with E-state index in [4.69, 9.17) is 0 Å². The summed E-state index contributed by atoms with van der Waals surface area (Å²) in [4.78, 5) is 0. The van der Waals surface area contributed by atoms with Crippen molar-refractivity contribution < 1.29 is 17.1 Å². The maximum atomic E-state index is 2.38. The van der Waals surface area contributed by atoms with E-state index in [-0.39, 0.29) is 17.1 Å². The van der Waals surface area contributed by atoms with E-state index in [1.165, 1.54) is 10.9 Å². The number of rotatable bonds is 2. The summed E-state index contributed by atoms with van der Waals surface area (Å²) in [6.07, 6.45) is 7.84. The average Bonchev–Trinajstić information content (AvgIpc) is 1.91. The Labute approximate surface area is 66.0 Å². The van der Waals surface area contributed by atoms with Crippen molar-refractivity contribution in [2.45, 2.75) is 48.6 Å². The molecule has 1 heteroatoms. The van der Waals surface area contributed by atoms with Gasteiger partial charge in [0.2, 0.25) is 0 Å². The van der Waals surface area contributed by atoms with Crippen LogP contribution in [0.2, 0.25) is 9.53 Å². The molecule has 1 saturated carbocycles. The fourth-order valence-corrected chi connectivity index (χ4v) is 6.02. The van der Waals surface area contributed by atoms with Gasteiger partial charge in [-0.3, -0.25) is 0 Å². The molecule has 0 radical (unpaired) electrons. The van der Waals surface area contributed by atoms with Gasteiger partial charge in [-0.05, 0) is 0 Å². The zero-order chi connectivity index (χ0) is 6.53. The molecule has 0 unspecified atom stereocenters. The molecule has 1 rings (SSSR count). The minimum atomic E-state index is -0.0126. The van der Waals surface area contributed by atoms with Crippen LogP contribution in [0, 0.1) is 0 Å². The fraction of sp³-hybridized carbons (Fsp3) is 1.00. The first-order valence-corrected chi connectivity index (χ1v) is 8.24. The number of hydrogen-bond acceptors (Lipinski definition) is 0. The van der Waals surface area contributed by atoms with E-state index in [0.29, 0.717) is 0 Å². The van der Waals surface area contributed by atoms with Crippen LogP contribution in [0.1, 0.15) is 39.0 Å². The van der Waals surface area contributed by atoms with Gasteiger partial charge in [-0.1, -0.05) is 0 Å². The Balaban J connectivity index is 2.08. The van der Waals surface area contributed by atoms with E-state index in [0.717, 1.165) is 0 Å². The summed E-state index contributed by atoms with van der Waals surface area (Å²) in [5.74, 6) is 0. The summed E-state index contributed by atoms with van der Waals surface area (Å²) in [6, 6.07) is 0. The molecule has 1 aliphatic rings. The zero-order valence-electron chi connectivity index (χ0n) is 6.53. The molecule has 0 aliphatic heterocycles. The van der Waals surface area contributed by atoms with Crippen molar-refractivity contribution in [3.63, 3.8) is 0 Å². The Bertz CT molecular complexity index is 62.2. The maximum absolute atomic E-state index is 2.38. The minimum absolute atomic E-state index is 0.0126. The van der Waals surface area contributed by atoms with Gasteiger partial charge in [-0.15, -0.1) is 0 Å². The number of hydrogen-bond donors (Lipinski definition) is 0. The molecule has 50 valence electrons. The molecule has 0 amide bonds. The fourth-order valence-electron chi connectivity index (χ4n) is 1.88. The van der Waals surface area contributed by atoms with Crippen LogP contribution in [0.5, 0.6) is 0 Å². The average molecular weight is 178 g/mol. The van der Waals surface area contributed by atoms with Crippen LogP contribution >= 0.6 is 0 Å². The van der Waals surface area contributed by atoms with E-state index in [1.807, 2.05) is 0 Å². The van der Waals surface area contributed by atoms with Gasteiger partial charge in [-0.2, -0.15) is 0 Å². The molecule has 0 N–H and O–H groups in total. The summed E-state index contributed by atoms with van der Waals surface area (Å²) in [5.41, 5.74) is 0. The van der Waals surface area contributed by atoms with Gasteiger partial charge in [0.05, 0.1) is 0 Å². The molecule has 0 aromatic carbocycles. The Morgan fingerprint density at radius 2 is 1.89 bits per heavy atom. The molecular weight excluding hydrogens is 161 g/mol. The Hall–Kier alpha value is 0.623. The normalized spacial score (nSPS) is 21.4. The standard InChI is InChI=1S/C6H11.C2H5.Zn/c1-2-4-6-5-3-1;1-2;/h1H,2-6H2;1H2,2H3;. The molecule has 0 atom stereocenters. The van der Waals surface area contributed by atoms with Crippen molar-refractivity contribution in [2.24, 2.45) is 0 Å². The molecule has 1 aliphatic carbocycles. The van der Waals surface area contributed by atoms with E-state index in [2.05, 4.69) is 6.92 Å². The van der Waals surface area contributed by atoms with Crippen LogP contribution in [-0.2, 0) is 17.1 Å². The second-order valence-corrected chi connectivity index (χ2v) is 9.02. The Kier molecular flexibility index (Phi) is 3.81.